The van der Waals surface area contributed by atoms with Crippen molar-refractivity contribution < 1.29 is 0 Å². The fourth-order valence-corrected chi connectivity index (χ4v) is 3.50. The van der Waals surface area contributed by atoms with E-state index in [1.54, 1.807) is 0 Å². The van der Waals surface area contributed by atoms with Crippen LogP contribution in [0.15, 0.2) is 18.2 Å². The van der Waals surface area contributed by atoms with E-state index in [4.69, 9.17) is 17.3 Å². The third kappa shape index (κ3) is 2.96. The molecule has 1 aromatic rings. The fraction of sp³-hybridized carbons (Fsp3) is 0.625. The summed E-state index contributed by atoms with van der Waals surface area (Å²) in [5.41, 5.74) is 8.45. The van der Waals surface area contributed by atoms with E-state index in [2.05, 4.69) is 36.9 Å². The third-order valence-electron chi connectivity index (χ3n) is 4.48. The maximum absolute atomic E-state index is 6.27. The lowest BCUT2D eigenvalue weighted by atomic mass is 10.0. The zero-order chi connectivity index (χ0) is 14.0. The van der Waals surface area contributed by atoms with Gasteiger partial charge >= 0.3 is 0 Å². The first kappa shape index (κ1) is 14.8. The first-order valence-corrected chi connectivity index (χ1v) is 7.69. The lowest BCUT2D eigenvalue weighted by Gasteiger charge is -2.36. The number of benzene rings is 1. The Morgan fingerprint density at radius 3 is 2.74 bits per heavy atom. The Morgan fingerprint density at radius 2 is 2.16 bits per heavy atom. The van der Waals surface area contributed by atoms with Crippen molar-refractivity contribution in [1.29, 1.82) is 0 Å². The Labute approximate surface area is 121 Å². The molecule has 0 saturated carbocycles. The number of nitrogens with zero attached hydrogens (tertiary/aromatic N) is 1. The van der Waals surface area contributed by atoms with Gasteiger partial charge in [0.1, 0.15) is 0 Å². The van der Waals surface area contributed by atoms with E-state index in [0.717, 1.165) is 10.6 Å². The summed E-state index contributed by atoms with van der Waals surface area (Å²) in [5.74, 6) is 0. The molecule has 2 rings (SSSR count). The first-order chi connectivity index (χ1) is 9.08. The van der Waals surface area contributed by atoms with Crippen LogP contribution in [0.5, 0.6) is 0 Å². The highest BCUT2D eigenvalue weighted by Gasteiger charge is 2.34. The van der Waals surface area contributed by atoms with Gasteiger partial charge in [0.15, 0.2) is 0 Å². The average Bonchev–Trinajstić information content (AvgIpc) is 2.76. The van der Waals surface area contributed by atoms with Crippen LogP contribution >= 0.6 is 11.6 Å². The van der Waals surface area contributed by atoms with Gasteiger partial charge in [-0.3, -0.25) is 4.90 Å². The molecular formula is C16H25ClN2. The topological polar surface area (TPSA) is 29.3 Å². The zero-order valence-electron chi connectivity index (χ0n) is 12.2. The van der Waals surface area contributed by atoms with Gasteiger partial charge in [0.2, 0.25) is 0 Å². The Morgan fingerprint density at radius 1 is 1.42 bits per heavy atom. The molecule has 0 bridgehead atoms. The molecule has 1 aromatic carbocycles. The predicted octanol–water partition coefficient (Wildman–Crippen LogP) is 3.91. The van der Waals surface area contributed by atoms with Crippen molar-refractivity contribution in [2.24, 2.45) is 5.73 Å². The molecule has 1 fully saturated rings. The van der Waals surface area contributed by atoms with Crippen molar-refractivity contribution in [3.05, 3.63) is 34.3 Å². The molecule has 0 spiro atoms. The van der Waals surface area contributed by atoms with Gasteiger partial charge in [-0.05, 0) is 50.3 Å². The van der Waals surface area contributed by atoms with Gasteiger partial charge in [-0.15, -0.1) is 0 Å². The number of hydrogen-bond acceptors (Lipinski definition) is 2. The molecule has 19 heavy (non-hydrogen) atoms. The van der Waals surface area contributed by atoms with Crippen LogP contribution in [0.1, 0.15) is 50.3 Å². The van der Waals surface area contributed by atoms with Crippen LogP contribution < -0.4 is 5.73 Å². The second-order valence-electron chi connectivity index (χ2n) is 5.70. The Balaban J connectivity index is 2.30. The van der Waals surface area contributed by atoms with Gasteiger partial charge in [-0.1, -0.05) is 30.7 Å². The smallest absolute Gasteiger partial charge is 0.0476 e. The third-order valence-corrected chi connectivity index (χ3v) is 4.89. The van der Waals surface area contributed by atoms with E-state index in [0.29, 0.717) is 24.7 Å². The van der Waals surface area contributed by atoms with Crippen molar-refractivity contribution in [2.45, 2.75) is 58.2 Å². The van der Waals surface area contributed by atoms with Gasteiger partial charge in [-0.25, -0.2) is 0 Å². The SMILES string of the molecule is CCC1CCC(C)N1C(CN)c1ccc(C)c(Cl)c1. The number of rotatable bonds is 4. The summed E-state index contributed by atoms with van der Waals surface area (Å²) in [7, 11) is 0. The van der Waals surface area contributed by atoms with E-state index < -0.39 is 0 Å². The average molecular weight is 281 g/mol. The minimum absolute atomic E-state index is 0.292. The van der Waals surface area contributed by atoms with Crippen LogP contribution in [0.3, 0.4) is 0 Å². The monoisotopic (exact) mass is 280 g/mol. The number of likely N-dealkylation sites (tertiary alicyclic amines) is 1. The number of nitrogens with two attached hydrogens (primary N) is 1. The predicted molar refractivity (Wildman–Crippen MR) is 82.6 cm³/mol. The number of halogens is 1. The molecular weight excluding hydrogens is 256 g/mol. The van der Waals surface area contributed by atoms with Crippen molar-refractivity contribution in [3.63, 3.8) is 0 Å². The van der Waals surface area contributed by atoms with E-state index in [1.165, 1.54) is 24.8 Å². The van der Waals surface area contributed by atoms with Crippen molar-refractivity contribution in [1.82, 2.24) is 4.90 Å². The van der Waals surface area contributed by atoms with Crippen molar-refractivity contribution in [2.75, 3.05) is 6.54 Å². The molecule has 0 amide bonds. The molecule has 0 aliphatic carbocycles. The Bertz CT molecular complexity index is 433. The van der Waals surface area contributed by atoms with Crippen LogP contribution in [0.4, 0.5) is 0 Å². The van der Waals surface area contributed by atoms with Gasteiger partial charge in [0, 0.05) is 29.7 Å². The lowest BCUT2D eigenvalue weighted by molar-refractivity contribution is 0.137. The highest BCUT2D eigenvalue weighted by atomic mass is 35.5. The van der Waals surface area contributed by atoms with E-state index in [1.807, 2.05) is 6.92 Å². The molecule has 0 radical (unpaired) electrons. The van der Waals surface area contributed by atoms with Crippen molar-refractivity contribution in [3.8, 4) is 0 Å². The highest BCUT2D eigenvalue weighted by molar-refractivity contribution is 6.31. The molecule has 3 unspecified atom stereocenters. The lowest BCUT2D eigenvalue weighted by Crippen LogP contribution is -2.41. The first-order valence-electron chi connectivity index (χ1n) is 7.32. The van der Waals surface area contributed by atoms with Crippen LogP contribution in [-0.4, -0.2) is 23.5 Å². The molecule has 2 N–H and O–H groups in total. The maximum Gasteiger partial charge on any atom is 0.0476 e. The summed E-state index contributed by atoms with van der Waals surface area (Å²) in [5, 5.41) is 0.843. The molecule has 3 heteroatoms. The second kappa shape index (κ2) is 6.25. The molecule has 3 atom stereocenters. The molecule has 1 aliphatic rings. The minimum Gasteiger partial charge on any atom is -0.329 e. The summed E-state index contributed by atoms with van der Waals surface area (Å²) in [6, 6.07) is 7.92. The molecule has 106 valence electrons. The number of aryl methyl sites for hydroxylation is 1. The molecule has 1 aliphatic heterocycles. The van der Waals surface area contributed by atoms with Gasteiger partial charge in [0.05, 0.1) is 0 Å². The maximum atomic E-state index is 6.27. The summed E-state index contributed by atoms with van der Waals surface area (Å²) >= 11 is 6.27. The molecule has 1 saturated heterocycles. The van der Waals surface area contributed by atoms with Gasteiger partial charge in [0.25, 0.3) is 0 Å². The molecule has 2 nitrogen and oxygen atoms in total. The van der Waals surface area contributed by atoms with E-state index in [9.17, 15) is 0 Å². The van der Waals surface area contributed by atoms with Crippen molar-refractivity contribution >= 4 is 11.6 Å². The summed E-state index contributed by atoms with van der Waals surface area (Å²) in [4.78, 5) is 2.60. The quantitative estimate of drug-likeness (QED) is 0.906. The standard InChI is InChI=1S/C16H25ClN2/c1-4-14-8-6-12(3)19(14)16(10-18)13-7-5-11(2)15(17)9-13/h5,7,9,12,14,16H,4,6,8,10,18H2,1-3H3. The summed E-state index contributed by atoms with van der Waals surface area (Å²) in [6.07, 6.45) is 3.75. The zero-order valence-corrected chi connectivity index (χ0v) is 13.0. The van der Waals surface area contributed by atoms with Crippen LogP contribution in [0.2, 0.25) is 5.02 Å². The van der Waals surface area contributed by atoms with Gasteiger partial charge < -0.3 is 5.73 Å². The molecule has 0 aromatic heterocycles. The minimum atomic E-state index is 0.292. The van der Waals surface area contributed by atoms with Gasteiger partial charge in [-0.2, -0.15) is 0 Å². The second-order valence-corrected chi connectivity index (χ2v) is 6.10. The van der Waals surface area contributed by atoms with Crippen LogP contribution in [-0.2, 0) is 0 Å². The molecule has 1 heterocycles. The number of hydrogen-bond donors (Lipinski definition) is 1. The normalized spacial score (nSPS) is 25.7. The van der Waals surface area contributed by atoms with E-state index >= 15 is 0 Å². The van der Waals surface area contributed by atoms with Crippen LogP contribution in [0.25, 0.3) is 0 Å². The summed E-state index contributed by atoms with van der Waals surface area (Å²) < 4.78 is 0. The Kier molecular flexibility index (Phi) is 4.88. The summed E-state index contributed by atoms with van der Waals surface area (Å²) in [6.45, 7) is 7.27. The largest absolute Gasteiger partial charge is 0.329 e. The Hall–Kier alpha value is -0.570. The van der Waals surface area contributed by atoms with E-state index in [-0.39, 0.29) is 0 Å². The fourth-order valence-electron chi connectivity index (χ4n) is 3.31. The highest BCUT2D eigenvalue weighted by Crippen LogP contribution is 2.35. The van der Waals surface area contributed by atoms with Crippen LogP contribution in [0, 0.1) is 6.92 Å².